The molecule has 13 aromatic carbocycles. The summed E-state index contributed by atoms with van der Waals surface area (Å²) in [4.78, 5) is 0. The molecule has 0 N–H and O–H groups in total. The van der Waals surface area contributed by atoms with Gasteiger partial charge in [0.2, 0.25) is 0 Å². The second kappa shape index (κ2) is 17.8. The third-order valence-corrected chi connectivity index (χ3v) is 17.8. The molecule has 0 atom stereocenters. The average molecular weight is 1080 g/mol. The van der Waals surface area contributed by atoms with Crippen LogP contribution < -0.4 is 0 Å². The lowest BCUT2D eigenvalue weighted by atomic mass is 9.91. The molecule has 0 saturated carbocycles. The Balaban J connectivity index is 1.13. The van der Waals surface area contributed by atoms with Gasteiger partial charge in [0.25, 0.3) is 0 Å². The average Bonchev–Trinajstić information content (AvgIpc) is 1.70. The molecule has 0 fully saturated rings. The number of nitrogens with zero attached hydrogens (tertiary/aromatic N) is 6. The summed E-state index contributed by atoms with van der Waals surface area (Å²) in [5, 5.41) is 38.2. The zero-order valence-corrected chi connectivity index (χ0v) is 45.5. The molecule has 0 aliphatic heterocycles. The van der Waals surface area contributed by atoms with E-state index in [4.69, 9.17) is 4.42 Å². The topological polar surface area (TPSA) is 80.4 Å². The summed E-state index contributed by atoms with van der Waals surface area (Å²) in [6, 6.07) is 99.6. The van der Waals surface area contributed by atoms with Crippen LogP contribution in [0.15, 0.2) is 271 Å². The standard InChI is InChI=1S/C78H44N6O/c79-45-62-73(81-64-33-11-4-24-52(64)53-25-5-12-34-65(53)81)74(82-66-35-13-6-26-54(66)55-27-7-14-36-67(55)82)63(46-80)76(75(62)83-68-37-15-8-28-56(68)57-29-9-16-38-69(57)83)84-70-44-49(51-32-19-23-48-22-18-31-50(72(48)51)47-20-2-1-3-21-47)40-41-58(70)60-42-43-61-59-30-10-17-39-71(59)85-78(61)77(60)84/h1-44H. The summed E-state index contributed by atoms with van der Waals surface area (Å²) in [5.74, 6) is 0. The van der Waals surface area contributed by atoms with E-state index >= 15 is 0 Å². The monoisotopic (exact) mass is 1080 g/mol. The van der Waals surface area contributed by atoms with Gasteiger partial charge in [-0.3, -0.25) is 0 Å². The van der Waals surface area contributed by atoms with Crippen LogP contribution in [0.2, 0.25) is 0 Å². The molecule has 0 bridgehead atoms. The quantitative estimate of drug-likeness (QED) is 0.166. The van der Waals surface area contributed by atoms with Crippen LogP contribution in [0.25, 0.3) is 165 Å². The van der Waals surface area contributed by atoms with Crippen molar-refractivity contribution in [3.05, 3.63) is 278 Å². The van der Waals surface area contributed by atoms with Gasteiger partial charge < -0.3 is 22.7 Å². The molecular weight excluding hydrogens is 1040 g/mol. The van der Waals surface area contributed by atoms with Gasteiger partial charge in [-0.25, -0.2) is 0 Å². The number of aromatic nitrogens is 4. The lowest BCUT2D eigenvalue weighted by Crippen LogP contribution is -2.16. The number of para-hydroxylation sites is 7. The first-order valence-corrected chi connectivity index (χ1v) is 28.6. The number of fused-ring (bicyclic) bond motifs is 17. The van der Waals surface area contributed by atoms with E-state index in [-0.39, 0.29) is 0 Å². The number of hydrogen-bond acceptors (Lipinski definition) is 3. The molecule has 5 aromatic heterocycles. The summed E-state index contributed by atoms with van der Waals surface area (Å²) in [6.07, 6.45) is 0. The lowest BCUT2D eigenvalue weighted by Gasteiger charge is -2.27. The Bertz CT molecular complexity index is 5840. The predicted octanol–water partition coefficient (Wildman–Crippen LogP) is 20.2. The molecular formula is C78H44N6O. The minimum Gasteiger partial charge on any atom is -0.454 e. The Kier molecular flexibility index (Phi) is 9.80. The van der Waals surface area contributed by atoms with E-state index in [0.717, 1.165) is 137 Å². The molecule has 18 aromatic rings. The lowest BCUT2D eigenvalue weighted by molar-refractivity contribution is 0.671. The van der Waals surface area contributed by atoms with Gasteiger partial charge in [0.15, 0.2) is 5.58 Å². The first-order valence-electron chi connectivity index (χ1n) is 28.6. The van der Waals surface area contributed by atoms with Crippen molar-refractivity contribution < 1.29 is 4.42 Å². The van der Waals surface area contributed by atoms with Crippen molar-refractivity contribution in [2.75, 3.05) is 0 Å². The van der Waals surface area contributed by atoms with Gasteiger partial charge in [-0.15, -0.1) is 0 Å². The van der Waals surface area contributed by atoms with Crippen molar-refractivity contribution in [3.63, 3.8) is 0 Å². The van der Waals surface area contributed by atoms with E-state index in [1.807, 2.05) is 12.1 Å². The van der Waals surface area contributed by atoms with Crippen molar-refractivity contribution in [1.82, 2.24) is 18.3 Å². The van der Waals surface area contributed by atoms with Crippen molar-refractivity contribution in [3.8, 4) is 57.1 Å². The fraction of sp³-hybridized carbons (Fsp3) is 0. The Morgan fingerprint density at radius 2 is 0.659 bits per heavy atom. The molecule has 392 valence electrons. The Morgan fingerprint density at radius 3 is 1.13 bits per heavy atom. The maximum atomic E-state index is 13.1. The fourth-order valence-corrected chi connectivity index (χ4v) is 14.4. The van der Waals surface area contributed by atoms with Crippen molar-refractivity contribution >= 4 is 120 Å². The van der Waals surface area contributed by atoms with E-state index < -0.39 is 0 Å². The Morgan fingerprint density at radius 1 is 0.282 bits per heavy atom. The maximum Gasteiger partial charge on any atom is 0.160 e. The van der Waals surface area contributed by atoms with E-state index in [2.05, 4.69) is 285 Å². The molecule has 0 unspecified atom stereocenters. The summed E-state index contributed by atoms with van der Waals surface area (Å²) in [7, 11) is 0. The van der Waals surface area contributed by atoms with Gasteiger partial charge in [-0.2, -0.15) is 10.5 Å². The Labute approximate surface area is 485 Å². The molecule has 0 saturated heterocycles. The number of furan rings is 1. The first-order chi connectivity index (χ1) is 42.2. The summed E-state index contributed by atoms with van der Waals surface area (Å²) in [5.41, 5.74) is 15.8. The minimum absolute atomic E-state index is 0.369. The largest absolute Gasteiger partial charge is 0.454 e. The molecule has 18 rings (SSSR count). The first kappa shape index (κ1) is 46.8. The zero-order chi connectivity index (χ0) is 56.0. The highest BCUT2D eigenvalue weighted by Crippen LogP contribution is 2.51. The SMILES string of the molecule is N#Cc1c(-n2c3ccccc3c3ccccc32)c(-n2c3ccccc3c3ccccc32)c(C#N)c(-n2c3cc(-c4cccc5cccc(-c6ccccc6)c45)ccc3c3ccc4c5ccccc5oc4c32)c1-n1c2ccccc2c2ccccc21. The molecule has 0 spiro atoms. The number of hydrogen-bond donors (Lipinski definition) is 0. The van der Waals surface area contributed by atoms with Gasteiger partial charge in [-0.05, 0) is 87.6 Å². The van der Waals surface area contributed by atoms with E-state index in [0.29, 0.717) is 39.5 Å². The van der Waals surface area contributed by atoms with Crippen molar-refractivity contribution in [1.29, 1.82) is 10.5 Å². The van der Waals surface area contributed by atoms with Crippen LogP contribution >= 0.6 is 0 Å². The van der Waals surface area contributed by atoms with E-state index in [1.165, 1.54) is 0 Å². The molecule has 85 heavy (non-hydrogen) atoms. The normalized spacial score (nSPS) is 12.0. The van der Waals surface area contributed by atoms with Gasteiger partial charge in [0.05, 0.1) is 66.9 Å². The van der Waals surface area contributed by atoms with Crippen LogP contribution in [0, 0.1) is 22.7 Å². The number of nitriles is 2. The minimum atomic E-state index is 0.369. The zero-order valence-electron chi connectivity index (χ0n) is 45.5. The molecule has 0 radical (unpaired) electrons. The van der Waals surface area contributed by atoms with Crippen LogP contribution in [0.4, 0.5) is 0 Å². The molecule has 7 heteroatoms. The van der Waals surface area contributed by atoms with Crippen LogP contribution in [0.3, 0.4) is 0 Å². The van der Waals surface area contributed by atoms with Crippen molar-refractivity contribution in [2.45, 2.75) is 0 Å². The predicted molar refractivity (Wildman–Crippen MR) is 349 cm³/mol. The van der Waals surface area contributed by atoms with Crippen LogP contribution in [-0.2, 0) is 0 Å². The highest BCUT2D eigenvalue weighted by molar-refractivity contribution is 6.23. The van der Waals surface area contributed by atoms with Gasteiger partial charge >= 0.3 is 0 Å². The fourth-order valence-electron chi connectivity index (χ4n) is 14.4. The summed E-state index contributed by atoms with van der Waals surface area (Å²) >= 11 is 0. The van der Waals surface area contributed by atoms with Gasteiger partial charge in [-0.1, -0.05) is 212 Å². The molecule has 5 heterocycles. The third-order valence-electron chi connectivity index (χ3n) is 17.8. The number of rotatable bonds is 6. The van der Waals surface area contributed by atoms with Crippen LogP contribution in [0.5, 0.6) is 0 Å². The van der Waals surface area contributed by atoms with E-state index in [1.54, 1.807) is 0 Å². The third kappa shape index (κ3) is 6.41. The highest BCUT2D eigenvalue weighted by atomic mass is 16.3. The van der Waals surface area contributed by atoms with Crippen LogP contribution in [0.1, 0.15) is 11.1 Å². The number of benzene rings is 13. The molecule has 7 nitrogen and oxygen atoms in total. The summed E-state index contributed by atoms with van der Waals surface area (Å²) in [6.45, 7) is 0. The maximum absolute atomic E-state index is 13.1. The highest BCUT2D eigenvalue weighted by Gasteiger charge is 2.35. The van der Waals surface area contributed by atoms with Gasteiger partial charge in [0, 0.05) is 53.9 Å². The second-order valence-corrected chi connectivity index (χ2v) is 22.1. The Hall–Kier alpha value is -11.9. The molecule has 0 aliphatic carbocycles. The van der Waals surface area contributed by atoms with E-state index in [9.17, 15) is 10.5 Å². The molecule has 0 amide bonds. The van der Waals surface area contributed by atoms with Gasteiger partial charge in [0.1, 0.15) is 28.8 Å². The smallest absolute Gasteiger partial charge is 0.160 e. The van der Waals surface area contributed by atoms with Crippen LogP contribution in [-0.4, -0.2) is 18.3 Å². The second-order valence-electron chi connectivity index (χ2n) is 22.1. The van der Waals surface area contributed by atoms with Crippen molar-refractivity contribution in [2.24, 2.45) is 0 Å². The molecule has 0 aliphatic rings. The summed E-state index contributed by atoms with van der Waals surface area (Å²) < 4.78 is 16.2.